The number of aliphatic hydroxyl groups excluding tert-OH is 1. The third-order valence-electron chi connectivity index (χ3n) is 2.58. The minimum atomic E-state index is -0.322. The van der Waals surface area contributed by atoms with Crippen molar-refractivity contribution in [3.8, 4) is 0 Å². The second-order valence-electron chi connectivity index (χ2n) is 4.20. The summed E-state index contributed by atoms with van der Waals surface area (Å²) in [4.78, 5) is 0. The van der Waals surface area contributed by atoms with Gasteiger partial charge in [0.15, 0.2) is 0 Å². The topological polar surface area (TPSA) is 75.6 Å². The second kappa shape index (κ2) is 13.7. The van der Waals surface area contributed by atoms with Gasteiger partial charge in [-0.2, -0.15) is 0 Å². The van der Waals surface area contributed by atoms with E-state index < -0.39 is 0 Å². The first-order valence-corrected chi connectivity index (χ1v) is 7.04. The number of ether oxygens (including phenoxy) is 6. The molecule has 1 saturated heterocycles. The first kappa shape index (κ1) is 17.8. The number of hydrogen-bond donors (Lipinski definition) is 1. The number of rotatable bonds is 1. The van der Waals surface area contributed by atoms with E-state index in [9.17, 15) is 0 Å². The van der Waals surface area contributed by atoms with Gasteiger partial charge in [0, 0.05) is 0 Å². The monoisotopic (exact) mass is 294 g/mol. The molecule has 0 aliphatic carbocycles. The molecule has 0 aromatic rings. The van der Waals surface area contributed by atoms with Crippen LogP contribution >= 0.6 is 0 Å². The fraction of sp³-hybridized carbons (Fsp3) is 1.00. The van der Waals surface area contributed by atoms with Gasteiger partial charge in [0.05, 0.1) is 79.3 Å². The zero-order valence-corrected chi connectivity index (χ0v) is 12.0. The molecule has 7 nitrogen and oxygen atoms in total. The average Bonchev–Trinajstić information content (AvgIpc) is 2.47. The van der Waals surface area contributed by atoms with Gasteiger partial charge in [-0.05, 0) is 0 Å². The Morgan fingerprint density at radius 3 is 1.45 bits per heavy atom. The molecule has 20 heavy (non-hydrogen) atoms. The molecule has 1 heterocycles. The molecule has 0 radical (unpaired) electrons. The summed E-state index contributed by atoms with van der Waals surface area (Å²) in [5.74, 6) is 0. The molecule has 0 amide bonds. The molecule has 1 N–H and O–H groups in total. The van der Waals surface area contributed by atoms with Gasteiger partial charge in [-0.3, -0.25) is 0 Å². The van der Waals surface area contributed by atoms with E-state index in [-0.39, 0.29) is 12.7 Å². The van der Waals surface area contributed by atoms with Crippen LogP contribution in [0.15, 0.2) is 0 Å². The molecule has 1 aliphatic rings. The van der Waals surface area contributed by atoms with Crippen LogP contribution in [0.25, 0.3) is 0 Å². The molecule has 1 rings (SSSR count). The Morgan fingerprint density at radius 2 is 1.00 bits per heavy atom. The van der Waals surface area contributed by atoms with Crippen LogP contribution in [0.4, 0.5) is 0 Å². The lowest BCUT2D eigenvalue weighted by atomic mass is 10.4. The Kier molecular flexibility index (Phi) is 12.2. The highest BCUT2D eigenvalue weighted by atomic mass is 16.6. The lowest BCUT2D eigenvalue weighted by molar-refractivity contribution is -0.0740. The minimum absolute atomic E-state index is 0.0716. The van der Waals surface area contributed by atoms with Crippen molar-refractivity contribution in [3.05, 3.63) is 0 Å². The zero-order valence-electron chi connectivity index (χ0n) is 12.0. The Hall–Kier alpha value is -0.280. The molecule has 0 saturated carbocycles. The van der Waals surface area contributed by atoms with Gasteiger partial charge in [0.2, 0.25) is 0 Å². The highest BCUT2D eigenvalue weighted by Gasteiger charge is 2.07. The van der Waals surface area contributed by atoms with Crippen molar-refractivity contribution >= 4 is 0 Å². The smallest absolute Gasteiger partial charge is 0.104 e. The van der Waals surface area contributed by atoms with E-state index in [0.717, 1.165) is 0 Å². The van der Waals surface area contributed by atoms with Gasteiger partial charge in [-0.25, -0.2) is 0 Å². The zero-order chi connectivity index (χ0) is 14.3. The van der Waals surface area contributed by atoms with Crippen molar-refractivity contribution in [2.45, 2.75) is 6.10 Å². The van der Waals surface area contributed by atoms with Gasteiger partial charge < -0.3 is 33.5 Å². The molecule has 120 valence electrons. The van der Waals surface area contributed by atoms with Crippen LogP contribution in [0.2, 0.25) is 0 Å². The van der Waals surface area contributed by atoms with Crippen molar-refractivity contribution in [2.75, 3.05) is 79.3 Å². The van der Waals surface area contributed by atoms with Crippen LogP contribution in [0.1, 0.15) is 0 Å². The standard InChI is InChI=1S/C13H26O7/c14-11-13-12-19-8-7-17-4-3-15-1-2-16-5-6-18-9-10-20-13/h13-14H,1-12H2/t13-/m1/s1. The lowest BCUT2D eigenvalue weighted by Gasteiger charge is -2.16. The Labute approximate surface area is 120 Å². The highest BCUT2D eigenvalue weighted by Crippen LogP contribution is 1.94. The van der Waals surface area contributed by atoms with Gasteiger partial charge in [0.1, 0.15) is 6.10 Å². The third-order valence-corrected chi connectivity index (χ3v) is 2.58. The maximum absolute atomic E-state index is 9.13. The summed E-state index contributed by atoms with van der Waals surface area (Å²) >= 11 is 0. The minimum Gasteiger partial charge on any atom is -0.394 e. The third kappa shape index (κ3) is 10.5. The van der Waals surface area contributed by atoms with E-state index in [2.05, 4.69) is 0 Å². The quantitative estimate of drug-likeness (QED) is 0.696. The van der Waals surface area contributed by atoms with Crippen molar-refractivity contribution in [2.24, 2.45) is 0 Å². The summed E-state index contributed by atoms with van der Waals surface area (Å²) in [5.41, 5.74) is 0. The maximum atomic E-state index is 9.13. The molecule has 1 aliphatic heterocycles. The Morgan fingerprint density at radius 1 is 0.600 bits per heavy atom. The summed E-state index contributed by atoms with van der Waals surface area (Å²) in [7, 11) is 0. The van der Waals surface area contributed by atoms with Crippen LogP contribution in [0.3, 0.4) is 0 Å². The first-order valence-electron chi connectivity index (χ1n) is 7.04. The van der Waals surface area contributed by atoms with Crippen LogP contribution in [0, 0.1) is 0 Å². The highest BCUT2D eigenvalue weighted by molar-refractivity contribution is 4.53. The van der Waals surface area contributed by atoms with Crippen LogP contribution in [-0.2, 0) is 28.4 Å². The molecular weight excluding hydrogens is 268 g/mol. The van der Waals surface area contributed by atoms with Crippen LogP contribution in [0.5, 0.6) is 0 Å². The maximum Gasteiger partial charge on any atom is 0.104 e. The van der Waals surface area contributed by atoms with E-state index in [1.54, 1.807) is 0 Å². The largest absolute Gasteiger partial charge is 0.394 e. The summed E-state index contributed by atoms with van der Waals surface area (Å²) < 4.78 is 32.1. The average molecular weight is 294 g/mol. The van der Waals surface area contributed by atoms with Crippen molar-refractivity contribution in [1.29, 1.82) is 0 Å². The van der Waals surface area contributed by atoms with Crippen molar-refractivity contribution < 1.29 is 33.5 Å². The molecule has 0 unspecified atom stereocenters. The molecule has 0 spiro atoms. The fourth-order valence-corrected chi connectivity index (χ4v) is 1.52. The van der Waals surface area contributed by atoms with Crippen LogP contribution < -0.4 is 0 Å². The van der Waals surface area contributed by atoms with Crippen molar-refractivity contribution in [1.82, 2.24) is 0 Å². The molecule has 1 atom stereocenters. The molecular formula is C13H26O7. The van der Waals surface area contributed by atoms with E-state index in [1.807, 2.05) is 0 Å². The van der Waals surface area contributed by atoms with E-state index in [4.69, 9.17) is 33.5 Å². The van der Waals surface area contributed by atoms with Gasteiger partial charge in [-0.1, -0.05) is 0 Å². The van der Waals surface area contributed by atoms with E-state index >= 15 is 0 Å². The summed E-state index contributed by atoms with van der Waals surface area (Å²) in [6.45, 7) is 5.38. The van der Waals surface area contributed by atoms with Gasteiger partial charge in [0.25, 0.3) is 0 Å². The Bertz CT molecular complexity index is 185. The Balaban J connectivity index is 2.14. The summed E-state index contributed by atoms with van der Waals surface area (Å²) in [6, 6.07) is 0. The molecule has 0 aromatic heterocycles. The van der Waals surface area contributed by atoms with E-state index in [0.29, 0.717) is 72.7 Å². The predicted octanol–water partition coefficient (Wildman–Crippen LogP) is -0.539. The first-order chi connectivity index (χ1) is 9.93. The van der Waals surface area contributed by atoms with Gasteiger partial charge in [-0.15, -0.1) is 0 Å². The molecule has 7 heteroatoms. The van der Waals surface area contributed by atoms with Crippen LogP contribution in [-0.4, -0.2) is 90.5 Å². The predicted molar refractivity (Wildman–Crippen MR) is 70.9 cm³/mol. The molecule has 0 bridgehead atoms. The van der Waals surface area contributed by atoms with Gasteiger partial charge >= 0.3 is 0 Å². The molecule has 0 aromatic carbocycles. The molecule has 1 fully saturated rings. The van der Waals surface area contributed by atoms with Crippen molar-refractivity contribution in [3.63, 3.8) is 0 Å². The van der Waals surface area contributed by atoms with E-state index in [1.165, 1.54) is 0 Å². The summed E-state index contributed by atoms with van der Waals surface area (Å²) in [5, 5.41) is 9.13. The fourth-order valence-electron chi connectivity index (χ4n) is 1.52. The normalized spacial score (nSPS) is 26.6. The SMILES string of the molecule is OC[C@@H]1COCCOCCOCCOCCOCCO1. The summed E-state index contributed by atoms with van der Waals surface area (Å²) in [6.07, 6.45) is -0.322. The lowest BCUT2D eigenvalue weighted by Crippen LogP contribution is -2.27. The second-order valence-corrected chi connectivity index (χ2v) is 4.20. The number of hydrogen-bond acceptors (Lipinski definition) is 7. The number of aliphatic hydroxyl groups is 1.